The van der Waals surface area contributed by atoms with Crippen LogP contribution in [0, 0.1) is 0 Å². The summed E-state index contributed by atoms with van der Waals surface area (Å²) in [6, 6.07) is 16.5. The van der Waals surface area contributed by atoms with Crippen molar-refractivity contribution >= 4 is 5.91 Å². The Bertz CT molecular complexity index is 841. The maximum absolute atomic E-state index is 13.4. The fraction of sp³-hybridized carbons (Fsp3) is 0.480. The summed E-state index contributed by atoms with van der Waals surface area (Å²) in [4.78, 5) is 17.7. The number of carbonyl (C=O) groups is 1. The van der Waals surface area contributed by atoms with E-state index in [0.29, 0.717) is 25.7 Å². The molecule has 1 aliphatic rings. The van der Waals surface area contributed by atoms with Gasteiger partial charge in [0, 0.05) is 36.3 Å². The minimum atomic E-state index is -0.250. The second kappa shape index (κ2) is 9.52. The molecule has 0 atom stereocenters. The van der Waals surface area contributed by atoms with Crippen molar-refractivity contribution in [2.24, 2.45) is 0 Å². The molecule has 0 N–H and O–H groups in total. The van der Waals surface area contributed by atoms with Gasteiger partial charge in [0.1, 0.15) is 11.5 Å². The summed E-state index contributed by atoms with van der Waals surface area (Å²) >= 11 is 0. The van der Waals surface area contributed by atoms with Crippen LogP contribution in [-0.4, -0.2) is 48.1 Å². The molecule has 3 rings (SSSR count). The number of carbonyl (C=O) groups excluding carboxylic acids is 1. The molecular weight excluding hydrogens is 376 g/mol. The first-order chi connectivity index (χ1) is 14.3. The van der Waals surface area contributed by atoms with Crippen LogP contribution in [0.1, 0.15) is 44.7 Å². The van der Waals surface area contributed by atoms with Crippen molar-refractivity contribution in [1.29, 1.82) is 0 Å². The zero-order valence-electron chi connectivity index (χ0n) is 18.9. The Hall–Kier alpha value is -2.53. The number of hydrogen-bond acceptors (Lipinski definition) is 4. The van der Waals surface area contributed by atoms with E-state index in [4.69, 9.17) is 9.47 Å². The highest BCUT2D eigenvalue weighted by atomic mass is 16.5. The van der Waals surface area contributed by atoms with Crippen LogP contribution in [0.2, 0.25) is 0 Å². The van der Waals surface area contributed by atoms with E-state index < -0.39 is 0 Å². The zero-order valence-corrected chi connectivity index (χ0v) is 18.9. The van der Waals surface area contributed by atoms with Gasteiger partial charge in [0.2, 0.25) is 5.91 Å². The molecule has 0 spiro atoms. The smallest absolute Gasteiger partial charge is 0.237 e. The second-order valence-corrected chi connectivity index (χ2v) is 8.95. The molecule has 1 aliphatic carbocycles. The third-order valence-corrected chi connectivity index (χ3v) is 5.56. The number of hydrogen-bond donors (Lipinski definition) is 0. The van der Waals surface area contributed by atoms with Gasteiger partial charge in [0.25, 0.3) is 0 Å². The molecule has 0 bridgehead atoms. The zero-order chi connectivity index (χ0) is 21.7. The van der Waals surface area contributed by atoms with Crippen molar-refractivity contribution in [3.8, 4) is 11.5 Å². The van der Waals surface area contributed by atoms with Gasteiger partial charge >= 0.3 is 0 Å². The Balaban J connectivity index is 1.76. The quantitative estimate of drug-likeness (QED) is 0.611. The third kappa shape index (κ3) is 5.76. The van der Waals surface area contributed by atoms with Gasteiger partial charge < -0.3 is 14.4 Å². The molecule has 0 unspecified atom stereocenters. The van der Waals surface area contributed by atoms with E-state index in [2.05, 4.69) is 37.8 Å². The number of ether oxygens (including phenoxy) is 2. The lowest BCUT2D eigenvalue weighted by Gasteiger charge is -2.37. The molecule has 0 radical (unpaired) electrons. The summed E-state index contributed by atoms with van der Waals surface area (Å²) in [7, 11) is 3.32. The Morgan fingerprint density at radius 1 is 1.00 bits per heavy atom. The Morgan fingerprint density at radius 3 is 2.27 bits per heavy atom. The van der Waals surface area contributed by atoms with Gasteiger partial charge in [-0.15, -0.1) is 0 Å². The molecule has 1 amide bonds. The van der Waals surface area contributed by atoms with Crippen molar-refractivity contribution in [1.82, 2.24) is 9.80 Å². The molecule has 5 heteroatoms. The molecule has 162 valence electrons. The molecule has 1 fully saturated rings. The van der Waals surface area contributed by atoms with Crippen LogP contribution >= 0.6 is 0 Å². The normalized spacial score (nSPS) is 13.9. The monoisotopic (exact) mass is 410 g/mol. The van der Waals surface area contributed by atoms with Gasteiger partial charge in [-0.1, -0.05) is 36.4 Å². The lowest BCUT2D eigenvalue weighted by atomic mass is 10.0. The first kappa shape index (κ1) is 22.2. The lowest BCUT2D eigenvalue weighted by molar-refractivity contribution is -0.138. The number of benzene rings is 2. The molecule has 0 aromatic heterocycles. The molecule has 5 nitrogen and oxygen atoms in total. The van der Waals surface area contributed by atoms with Crippen LogP contribution in [0.15, 0.2) is 48.5 Å². The van der Waals surface area contributed by atoms with Crippen molar-refractivity contribution in [2.75, 3.05) is 20.8 Å². The van der Waals surface area contributed by atoms with Gasteiger partial charge in [-0.3, -0.25) is 9.69 Å². The van der Waals surface area contributed by atoms with Gasteiger partial charge in [-0.25, -0.2) is 0 Å². The molecule has 0 saturated heterocycles. The number of amides is 1. The first-order valence-corrected chi connectivity index (χ1v) is 10.6. The minimum absolute atomic E-state index is 0.158. The van der Waals surface area contributed by atoms with Crippen LogP contribution in [0.25, 0.3) is 0 Å². The lowest BCUT2D eigenvalue weighted by Crippen LogP contribution is -2.49. The topological polar surface area (TPSA) is 42.0 Å². The van der Waals surface area contributed by atoms with Crippen LogP contribution < -0.4 is 9.47 Å². The SMILES string of the molecule is COc1ccc(CN(CC(=O)N(Cc2ccccc2)C(C)(C)C)C2CC2)c(OC)c1. The van der Waals surface area contributed by atoms with Crippen molar-refractivity contribution in [2.45, 2.75) is 58.3 Å². The fourth-order valence-electron chi connectivity index (χ4n) is 3.68. The number of rotatable bonds is 9. The van der Waals surface area contributed by atoms with Gasteiger partial charge in [0.05, 0.1) is 20.8 Å². The summed E-state index contributed by atoms with van der Waals surface area (Å²) < 4.78 is 10.9. The molecular formula is C25H34N2O3. The number of methoxy groups -OCH3 is 2. The third-order valence-electron chi connectivity index (χ3n) is 5.56. The summed E-state index contributed by atoms with van der Waals surface area (Å²) in [5.74, 6) is 1.72. The van der Waals surface area contributed by atoms with E-state index >= 15 is 0 Å². The van der Waals surface area contributed by atoms with Crippen LogP contribution in [0.5, 0.6) is 11.5 Å². The first-order valence-electron chi connectivity index (χ1n) is 10.6. The van der Waals surface area contributed by atoms with Crippen molar-refractivity contribution in [3.05, 3.63) is 59.7 Å². The van der Waals surface area contributed by atoms with E-state index in [9.17, 15) is 4.79 Å². The molecule has 0 heterocycles. The van der Waals surface area contributed by atoms with Crippen LogP contribution in [0.4, 0.5) is 0 Å². The highest BCUT2D eigenvalue weighted by molar-refractivity contribution is 5.79. The fourth-order valence-corrected chi connectivity index (χ4v) is 3.68. The predicted molar refractivity (Wildman–Crippen MR) is 120 cm³/mol. The summed E-state index contributed by atoms with van der Waals surface area (Å²) in [5, 5.41) is 0. The van der Waals surface area contributed by atoms with E-state index in [1.165, 1.54) is 0 Å². The van der Waals surface area contributed by atoms with Gasteiger partial charge in [0.15, 0.2) is 0 Å². The van der Waals surface area contributed by atoms with Gasteiger partial charge in [-0.05, 0) is 45.2 Å². The Labute approximate surface area is 180 Å². The maximum Gasteiger partial charge on any atom is 0.237 e. The van der Waals surface area contributed by atoms with Crippen LogP contribution in [-0.2, 0) is 17.9 Å². The predicted octanol–water partition coefficient (Wildman–Crippen LogP) is 4.50. The average Bonchev–Trinajstić information content (AvgIpc) is 3.57. The minimum Gasteiger partial charge on any atom is -0.497 e. The second-order valence-electron chi connectivity index (χ2n) is 8.95. The number of nitrogens with zero attached hydrogens (tertiary/aromatic N) is 2. The molecule has 2 aromatic rings. The summed E-state index contributed by atoms with van der Waals surface area (Å²) in [6.07, 6.45) is 2.28. The van der Waals surface area contributed by atoms with E-state index in [1.54, 1.807) is 14.2 Å². The summed E-state index contributed by atoms with van der Waals surface area (Å²) in [6.45, 7) is 8.01. The highest BCUT2D eigenvalue weighted by Crippen LogP contribution is 2.32. The van der Waals surface area contributed by atoms with Crippen molar-refractivity contribution in [3.63, 3.8) is 0 Å². The summed E-state index contributed by atoms with van der Waals surface area (Å²) in [5.41, 5.74) is 1.97. The standard InChI is InChI=1S/C25H34N2O3/c1-25(2,3)27(16-19-9-7-6-8-10-19)24(28)18-26(21-12-13-21)17-20-11-14-22(29-4)15-23(20)30-5/h6-11,14-15,21H,12-13,16-18H2,1-5H3. The molecule has 0 aliphatic heterocycles. The Kier molecular flexibility index (Phi) is 7.03. The van der Waals surface area contributed by atoms with E-state index in [0.717, 1.165) is 35.5 Å². The van der Waals surface area contributed by atoms with E-state index in [1.807, 2.05) is 41.3 Å². The van der Waals surface area contributed by atoms with E-state index in [-0.39, 0.29) is 11.4 Å². The molecule has 30 heavy (non-hydrogen) atoms. The maximum atomic E-state index is 13.4. The molecule has 1 saturated carbocycles. The molecule has 2 aromatic carbocycles. The highest BCUT2D eigenvalue weighted by Gasteiger charge is 2.34. The van der Waals surface area contributed by atoms with Crippen LogP contribution in [0.3, 0.4) is 0 Å². The Morgan fingerprint density at radius 2 is 1.70 bits per heavy atom. The van der Waals surface area contributed by atoms with Gasteiger partial charge in [-0.2, -0.15) is 0 Å². The average molecular weight is 411 g/mol. The van der Waals surface area contributed by atoms with Crippen molar-refractivity contribution < 1.29 is 14.3 Å². The largest absolute Gasteiger partial charge is 0.497 e.